The largest absolute Gasteiger partial charge is 0.417 e. The molecule has 0 saturated carbocycles. The summed E-state index contributed by atoms with van der Waals surface area (Å²) in [6.45, 7) is 2.21. The number of anilines is 1. The number of rotatable bonds is 4. The maximum atomic E-state index is 12.7. The number of halogens is 3. The van der Waals surface area contributed by atoms with Crippen LogP contribution in [0.1, 0.15) is 24.2 Å². The Bertz CT molecular complexity index is 941. The number of imidazole rings is 1. The minimum Gasteiger partial charge on any atom is -0.357 e. The first kappa shape index (κ1) is 18.7. The lowest BCUT2D eigenvalue weighted by Gasteiger charge is -2.33. The van der Waals surface area contributed by atoms with Crippen LogP contribution in [-0.4, -0.2) is 33.7 Å². The van der Waals surface area contributed by atoms with E-state index < -0.39 is 11.7 Å². The van der Waals surface area contributed by atoms with E-state index in [0.717, 1.165) is 55.1 Å². The molecule has 1 aliphatic heterocycles. The second kappa shape index (κ2) is 7.43. The van der Waals surface area contributed by atoms with Gasteiger partial charge in [0.1, 0.15) is 11.6 Å². The van der Waals surface area contributed by atoms with Crippen molar-refractivity contribution in [3.63, 3.8) is 0 Å². The molecular formula is C20H22F3N5. The van der Waals surface area contributed by atoms with Crippen molar-refractivity contribution in [2.75, 3.05) is 18.0 Å². The van der Waals surface area contributed by atoms with E-state index in [1.165, 1.54) is 6.07 Å². The van der Waals surface area contributed by atoms with Gasteiger partial charge in [-0.25, -0.2) is 9.97 Å². The number of pyridine rings is 1. The molecule has 3 heterocycles. The molecule has 5 nitrogen and oxygen atoms in total. The molecule has 148 valence electrons. The first-order valence-electron chi connectivity index (χ1n) is 9.34. The normalized spacial score (nSPS) is 16.1. The Balaban J connectivity index is 1.32. The molecule has 1 aliphatic rings. The third kappa shape index (κ3) is 3.82. The highest BCUT2D eigenvalue weighted by atomic mass is 19.4. The lowest BCUT2D eigenvalue weighted by Crippen LogP contribution is -2.42. The number of aryl methyl sites for hydroxylation is 1. The van der Waals surface area contributed by atoms with Gasteiger partial charge in [-0.05, 0) is 37.1 Å². The smallest absolute Gasteiger partial charge is 0.357 e. The van der Waals surface area contributed by atoms with Crippen molar-refractivity contribution in [2.45, 2.75) is 31.6 Å². The molecule has 28 heavy (non-hydrogen) atoms. The van der Waals surface area contributed by atoms with Gasteiger partial charge in [-0.1, -0.05) is 12.1 Å². The molecule has 0 unspecified atom stereocenters. The van der Waals surface area contributed by atoms with Gasteiger partial charge in [0.15, 0.2) is 0 Å². The number of nitrogens with zero attached hydrogens (tertiary/aromatic N) is 4. The standard InChI is InChI=1S/C20H22F3N5/c1-27-17-5-3-2-4-16(17)26-19(27)13-24-15-8-10-28(11-9-15)18-7-6-14(12-25-18)20(21,22)23/h2-7,12,15,24H,8-11,13H2,1H3. The van der Waals surface area contributed by atoms with E-state index in [-0.39, 0.29) is 0 Å². The van der Waals surface area contributed by atoms with Crippen molar-refractivity contribution in [1.29, 1.82) is 0 Å². The topological polar surface area (TPSA) is 46.0 Å². The molecule has 1 N–H and O–H groups in total. The number of alkyl halides is 3. The average molecular weight is 389 g/mol. The number of fused-ring (bicyclic) bond motifs is 1. The minimum atomic E-state index is -4.35. The molecule has 0 amide bonds. The van der Waals surface area contributed by atoms with Crippen LogP contribution in [0.2, 0.25) is 0 Å². The number of para-hydroxylation sites is 2. The van der Waals surface area contributed by atoms with Crippen LogP contribution in [0.25, 0.3) is 11.0 Å². The molecule has 1 aromatic carbocycles. The van der Waals surface area contributed by atoms with Gasteiger partial charge in [0.2, 0.25) is 0 Å². The number of aromatic nitrogens is 3. The fraction of sp³-hybridized carbons (Fsp3) is 0.400. The quantitative estimate of drug-likeness (QED) is 0.738. The number of benzene rings is 1. The monoisotopic (exact) mass is 389 g/mol. The zero-order chi connectivity index (χ0) is 19.7. The summed E-state index contributed by atoms with van der Waals surface area (Å²) in [6.07, 6.45) is -1.62. The molecule has 2 aromatic heterocycles. The van der Waals surface area contributed by atoms with E-state index in [2.05, 4.69) is 25.9 Å². The van der Waals surface area contributed by atoms with Gasteiger partial charge in [0.25, 0.3) is 0 Å². The zero-order valence-electron chi connectivity index (χ0n) is 15.6. The van der Waals surface area contributed by atoms with E-state index in [0.29, 0.717) is 18.4 Å². The molecular weight excluding hydrogens is 367 g/mol. The molecule has 8 heteroatoms. The SMILES string of the molecule is Cn1c(CNC2CCN(c3ccc(C(F)(F)F)cn3)CC2)nc2ccccc21. The van der Waals surface area contributed by atoms with Crippen LogP contribution in [0, 0.1) is 0 Å². The van der Waals surface area contributed by atoms with Crippen LogP contribution in [0.15, 0.2) is 42.6 Å². The van der Waals surface area contributed by atoms with E-state index in [1.54, 1.807) is 0 Å². The number of hydrogen-bond acceptors (Lipinski definition) is 4. The first-order chi connectivity index (χ1) is 13.4. The van der Waals surface area contributed by atoms with Crippen molar-refractivity contribution < 1.29 is 13.2 Å². The lowest BCUT2D eigenvalue weighted by atomic mass is 10.0. The van der Waals surface area contributed by atoms with Gasteiger partial charge in [0, 0.05) is 32.4 Å². The Morgan fingerprint density at radius 3 is 2.50 bits per heavy atom. The number of hydrogen-bond donors (Lipinski definition) is 1. The highest BCUT2D eigenvalue weighted by molar-refractivity contribution is 5.75. The van der Waals surface area contributed by atoms with Crippen molar-refractivity contribution in [1.82, 2.24) is 19.9 Å². The van der Waals surface area contributed by atoms with Crippen molar-refractivity contribution >= 4 is 16.9 Å². The third-order valence-corrected chi connectivity index (χ3v) is 5.32. The van der Waals surface area contributed by atoms with Crippen LogP contribution in [0.5, 0.6) is 0 Å². The summed E-state index contributed by atoms with van der Waals surface area (Å²) in [5, 5.41) is 3.56. The van der Waals surface area contributed by atoms with E-state index >= 15 is 0 Å². The Kier molecular flexibility index (Phi) is 4.97. The highest BCUT2D eigenvalue weighted by Gasteiger charge is 2.31. The minimum absolute atomic E-state index is 0.352. The van der Waals surface area contributed by atoms with Crippen LogP contribution in [-0.2, 0) is 19.8 Å². The Morgan fingerprint density at radius 1 is 1.11 bits per heavy atom. The summed E-state index contributed by atoms with van der Waals surface area (Å²) in [4.78, 5) is 10.7. The maximum absolute atomic E-state index is 12.7. The van der Waals surface area contributed by atoms with Gasteiger partial charge in [-0.2, -0.15) is 13.2 Å². The van der Waals surface area contributed by atoms with Gasteiger partial charge in [-0.15, -0.1) is 0 Å². The van der Waals surface area contributed by atoms with Gasteiger partial charge < -0.3 is 14.8 Å². The Morgan fingerprint density at radius 2 is 1.86 bits per heavy atom. The molecule has 1 saturated heterocycles. The predicted octanol–water partition coefficient (Wildman–Crippen LogP) is 3.75. The van der Waals surface area contributed by atoms with Crippen LogP contribution < -0.4 is 10.2 Å². The van der Waals surface area contributed by atoms with E-state index in [4.69, 9.17) is 0 Å². The Hall–Kier alpha value is -2.61. The fourth-order valence-electron chi connectivity index (χ4n) is 3.64. The lowest BCUT2D eigenvalue weighted by molar-refractivity contribution is -0.137. The highest BCUT2D eigenvalue weighted by Crippen LogP contribution is 2.29. The molecule has 0 spiro atoms. The number of nitrogens with one attached hydrogen (secondary N) is 1. The summed E-state index contributed by atoms with van der Waals surface area (Å²) in [5.74, 6) is 1.59. The maximum Gasteiger partial charge on any atom is 0.417 e. The first-order valence-corrected chi connectivity index (χ1v) is 9.34. The van der Waals surface area contributed by atoms with Crippen LogP contribution in [0.4, 0.5) is 19.0 Å². The molecule has 1 fully saturated rings. The molecule has 4 rings (SSSR count). The summed E-state index contributed by atoms with van der Waals surface area (Å²) in [6, 6.07) is 11.0. The van der Waals surface area contributed by atoms with E-state index in [9.17, 15) is 13.2 Å². The summed E-state index contributed by atoms with van der Waals surface area (Å²) in [7, 11) is 2.02. The zero-order valence-corrected chi connectivity index (χ0v) is 15.6. The molecule has 0 radical (unpaired) electrons. The predicted molar refractivity (Wildman–Crippen MR) is 102 cm³/mol. The van der Waals surface area contributed by atoms with Gasteiger partial charge in [0.05, 0.1) is 23.1 Å². The van der Waals surface area contributed by atoms with Crippen molar-refractivity contribution in [2.24, 2.45) is 7.05 Å². The second-order valence-electron chi connectivity index (χ2n) is 7.12. The third-order valence-electron chi connectivity index (χ3n) is 5.32. The second-order valence-corrected chi connectivity index (χ2v) is 7.12. The summed E-state index contributed by atoms with van der Waals surface area (Å²) >= 11 is 0. The molecule has 3 aromatic rings. The average Bonchev–Trinajstić information content (AvgIpc) is 3.02. The number of piperidine rings is 1. The van der Waals surface area contributed by atoms with Crippen molar-refractivity contribution in [3.8, 4) is 0 Å². The summed E-state index contributed by atoms with van der Waals surface area (Å²) < 4.78 is 40.1. The molecule has 0 aliphatic carbocycles. The summed E-state index contributed by atoms with van der Waals surface area (Å²) in [5.41, 5.74) is 1.39. The molecule has 0 atom stereocenters. The van der Waals surface area contributed by atoms with E-state index in [1.807, 2.05) is 30.1 Å². The fourth-order valence-corrected chi connectivity index (χ4v) is 3.64. The van der Waals surface area contributed by atoms with Crippen molar-refractivity contribution in [3.05, 3.63) is 54.0 Å². The van der Waals surface area contributed by atoms with Gasteiger partial charge >= 0.3 is 6.18 Å². The van der Waals surface area contributed by atoms with Crippen LogP contribution in [0.3, 0.4) is 0 Å². The Labute approximate surface area is 161 Å². The molecule has 0 bridgehead atoms. The van der Waals surface area contributed by atoms with Gasteiger partial charge in [-0.3, -0.25) is 0 Å². The van der Waals surface area contributed by atoms with Crippen LogP contribution >= 0.6 is 0 Å².